The molecule has 0 atom stereocenters. The minimum absolute atomic E-state index is 0.285. The topological polar surface area (TPSA) is 63.6 Å². The smallest absolute Gasteiger partial charge is 0.264 e. The number of alkyl halides is 2. The van der Waals surface area contributed by atoms with Gasteiger partial charge in [0.05, 0.1) is 12.9 Å². The summed E-state index contributed by atoms with van der Waals surface area (Å²) in [5.74, 6) is 0. The molecule has 1 N–H and O–H groups in total. The fourth-order valence-corrected chi connectivity index (χ4v) is 1.21. The largest absolute Gasteiger partial charge is 0.393 e. The van der Waals surface area contributed by atoms with Crippen molar-refractivity contribution in [3.63, 3.8) is 0 Å². The van der Waals surface area contributed by atoms with E-state index in [0.29, 0.717) is 25.7 Å². The molecule has 0 unspecified atom stereocenters. The zero-order chi connectivity index (χ0) is 12.4. The molecule has 0 saturated heterocycles. The van der Waals surface area contributed by atoms with E-state index >= 15 is 0 Å². The highest BCUT2D eigenvalue weighted by atomic mass is 32.2. The zero-order valence-electron chi connectivity index (χ0n) is 9.08. The monoisotopic (exact) mass is 258 g/mol. The summed E-state index contributed by atoms with van der Waals surface area (Å²) < 4.78 is 49.5. The molecule has 0 aromatic heterocycles. The van der Waals surface area contributed by atoms with Crippen LogP contribution in [0.1, 0.15) is 25.7 Å². The first kappa shape index (κ1) is 13.8. The van der Waals surface area contributed by atoms with Crippen LogP contribution in [0, 0.1) is 0 Å². The van der Waals surface area contributed by atoms with Crippen molar-refractivity contribution >= 4 is 10.1 Å². The Morgan fingerprint density at radius 2 is 1.62 bits per heavy atom. The van der Waals surface area contributed by atoms with Crippen LogP contribution in [0.2, 0.25) is 0 Å². The molecule has 0 spiro atoms. The highest BCUT2D eigenvalue weighted by Crippen LogP contribution is 2.40. The van der Waals surface area contributed by atoms with Gasteiger partial charge in [-0.15, -0.1) is 0 Å². The van der Waals surface area contributed by atoms with Crippen LogP contribution >= 0.6 is 0 Å². The normalized spacial score (nSPS) is 24.2. The van der Waals surface area contributed by atoms with Gasteiger partial charge in [0.2, 0.25) is 0 Å². The number of hydrogen-bond acceptors (Lipinski definition) is 4. The molecule has 0 bridgehead atoms. The Morgan fingerprint density at radius 3 is 1.81 bits per heavy atom. The van der Waals surface area contributed by atoms with Crippen molar-refractivity contribution in [1.29, 1.82) is 0 Å². The Balaban J connectivity index is 0.000000181. The Hall–Kier alpha value is -0.270. The second-order valence-corrected chi connectivity index (χ2v) is 6.07. The molecule has 2 rings (SSSR count). The maximum absolute atomic E-state index is 12.6. The zero-order valence-corrected chi connectivity index (χ0v) is 9.90. The molecule has 2 saturated carbocycles. The van der Waals surface area contributed by atoms with Crippen molar-refractivity contribution in [2.45, 2.75) is 37.0 Å². The molecule has 2 aliphatic rings. The van der Waals surface area contributed by atoms with Crippen LogP contribution in [0.3, 0.4) is 0 Å². The standard InChI is InChI=1S/C5H9FO3S.C4H7FO/c1-10(7,8)9-4-5(6)2-3-5;5-4(3-6)1-2-4/h2-4H2,1H3;6H,1-3H2. The van der Waals surface area contributed by atoms with Gasteiger partial charge in [0, 0.05) is 0 Å². The molecule has 0 aliphatic heterocycles. The lowest BCUT2D eigenvalue weighted by Crippen LogP contribution is -2.14. The van der Waals surface area contributed by atoms with Gasteiger partial charge in [-0.3, -0.25) is 4.18 Å². The van der Waals surface area contributed by atoms with E-state index in [1.54, 1.807) is 0 Å². The molecule has 0 heterocycles. The molecular weight excluding hydrogens is 242 g/mol. The number of aliphatic hydroxyl groups excluding tert-OH is 1. The molecular formula is C9H16F2O4S. The predicted molar refractivity (Wildman–Crippen MR) is 54.0 cm³/mol. The fraction of sp³-hybridized carbons (Fsp3) is 1.00. The summed E-state index contributed by atoms with van der Waals surface area (Å²) in [4.78, 5) is 0. The molecule has 7 heteroatoms. The van der Waals surface area contributed by atoms with Gasteiger partial charge in [-0.25, -0.2) is 8.78 Å². The van der Waals surface area contributed by atoms with Crippen LogP contribution < -0.4 is 0 Å². The van der Waals surface area contributed by atoms with Gasteiger partial charge in [0.15, 0.2) is 0 Å². The maximum atomic E-state index is 12.6. The Kier molecular flexibility index (Phi) is 3.91. The van der Waals surface area contributed by atoms with Gasteiger partial charge in [0.1, 0.15) is 17.9 Å². The van der Waals surface area contributed by atoms with Gasteiger partial charge < -0.3 is 5.11 Å². The third-order valence-corrected chi connectivity index (χ3v) is 2.95. The van der Waals surface area contributed by atoms with Gasteiger partial charge >= 0.3 is 0 Å². The lowest BCUT2D eigenvalue weighted by atomic mass is 10.4. The number of hydrogen-bond donors (Lipinski definition) is 1. The van der Waals surface area contributed by atoms with Gasteiger partial charge in [-0.05, 0) is 25.7 Å². The van der Waals surface area contributed by atoms with E-state index in [0.717, 1.165) is 6.26 Å². The lowest BCUT2D eigenvalue weighted by molar-refractivity contribution is 0.160. The molecule has 96 valence electrons. The van der Waals surface area contributed by atoms with Crippen molar-refractivity contribution in [1.82, 2.24) is 0 Å². The van der Waals surface area contributed by atoms with Crippen molar-refractivity contribution in [3.05, 3.63) is 0 Å². The average Bonchev–Trinajstić information content (AvgIpc) is 3.06. The molecule has 4 nitrogen and oxygen atoms in total. The lowest BCUT2D eigenvalue weighted by Gasteiger charge is -2.02. The highest BCUT2D eigenvalue weighted by Gasteiger charge is 2.44. The van der Waals surface area contributed by atoms with Crippen molar-refractivity contribution in [2.24, 2.45) is 0 Å². The Labute approximate surface area is 93.7 Å². The van der Waals surface area contributed by atoms with Crippen LogP contribution in [-0.4, -0.2) is 44.3 Å². The quantitative estimate of drug-likeness (QED) is 0.762. The van der Waals surface area contributed by atoms with Gasteiger partial charge in [-0.2, -0.15) is 8.42 Å². The summed E-state index contributed by atoms with van der Waals surface area (Å²) in [6.07, 6.45) is 2.87. The first-order chi connectivity index (χ1) is 7.18. The maximum Gasteiger partial charge on any atom is 0.264 e. The van der Waals surface area contributed by atoms with Gasteiger partial charge in [-0.1, -0.05) is 0 Å². The Morgan fingerprint density at radius 1 is 1.19 bits per heavy atom. The predicted octanol–water partition coefficient (Wildman–Crippen LogP) is 0.946. The summed E-state index contributed by atoms with van der Waals surface area (Å²) >= 11 is 0. The summed E-state index contributed by atoms with van der Waals surface area (Å²) in [5, 5.41) is 8.09. The van der Waals surface area contributed by atoms with E-state index in [1.165, 1.54) is 0 Å². The summed E-state index contributed by atoms with van der Waals surface area (Å²) in [6.45, 7) is -0.598. The molecule has 0 radical (unpaired) electrons. The molecule has 0 amide bonds. The number of aliphatic hydroxyl groups is 1. The van der Waals surface area contributed by atoms with E-state index in [4.69, 9.17) is 5.11 Å². The van der Waals surface area contributed by atoms with Crippen LogP contribution in [0.25, 0.3) is 0 Å². The van der Waals surface area contributed by atoms with Crippen molar-refractivity contribution in [2.75, 3.05) is 19.5 Å². The van der Waals surface area contributed by atoms with E-state index in [2.05, 4.69) is 4.18 Å². The molecule has 16 heavy (non-hydrogen) atoms. The van der Waals surface area contributed by atoms with Crippen LogP contribution in [0.4, 0.5) is 8.78 Å². The Bertz CT molecular complexity index is 333. The first-order valence-corrected chi connectivity index (χ1v) is 6.83. The van der Waals surface area contributed by atoms with E-state index in [1.807, 2.05) is 0 Å². The number of halogens is 2. The molecule has 0 aromatic carbocycles. The average molecular weight is 258 g/mol. The minimum atomic E-state index is -3.46. The molecule has 0 aromatic rings. The third kappa shape index (κ3) is 5.72. The van der Waals surface area contributed by atoms with Crippen molar-refractivity contribution in [3.8, 4) is 0 Å². The van der Waals surface area contributed by atoms with Crippen LogP contribution in [-0.2, 0) is 14.3 Å². The summed E-state index contributed by atoms with van der Waals surface area (Å²) in [5.41, 5.74) is -2.50. The van der Waals surface area contributed by atoms with E-state index < -0.39 is 21.5 Å². The second-order valence-electron chi connectivity index (χ2n) is 4.43. The SMILES string of the molecule is CS(=O)(=O)OCC1(F)CC1.OCC1(F)CC1. The van der Waals surface area contributed by atoms with Crippen molar-refractivity contribution < 1.29 is 26.5 Å². The van der Waals surface area contributed by atoms with Crippen LogP contribution in [0.5, 0.6) is 0 Å². The summed E-state index contributed by atoms with van der Waals surface area (Å²) in [7, 11) is -3.46. The number of rotatable bonds is 4. The first-order valence-electron chi connectivity index (χ1n) is 5.01. The highest BCUT2D eigenvalue weighted by molar-refractivity contribution is 7.85. The second kappa shape index (κ2) is 4.54. The third-order valence-electron chi connectivity index (χ3n) is 2.40. The van der Waals surface area contributed by atoms with Gasteiger partial charge in [0.25, 0.3) is 10.1 Å². The molecule has 2 aliphatic carbocycles. The van der Waals surface area contributed by atoms with Crippen LogP contribution in [0.15, 0.2) is 0 Å². The fourth-order valence-electron chi connectivity index (χ4n) is 0.786. The molecule has 2 fully saturated rings. The van der Waals surface area contributed by atoms with E-state index in [9.17, 15) is 17.2 Å². The summed E-state index contributed by atoms with van der Waals surface area (Å²) in [6, 6.07) is 0. The van der Waals surface area contributed by atoms with E-state index in [-0.39, 0.29) is 13.2 Å². The minimum Gasteiger partial charge on any atom is -0.393 e.